The van der Waals surface area contributed by atoms with Gasteiger partial charge in [-0.1, -0.05) is 12.1 Å². The summed E-state index contributed by atoms with van der Waals surface area (Å²) < 4.78 is 0. The van der Waals surface area contributed by atoms with Crippen LogP contribution < -0.4 is 10.6 Å². The Morgan fingerprint density at radius 2 is 2.31 bits per heavy atom. The molecule has 2 unspecified atom stereocenters. The summed E-state index contributed by atoms with van der Waals surface area (Å²) in [6.45, 7) is 2.26. The van der Waals surface area contributed by atoms with Crippen LogP contribution in [0.25, 0.3) is 0 Å². The Morgan fingerprint density at radius 3 is 2.88 bits per heavy atom. The number of amides is 1. The van der Waals surface area contributed by atoms with Gasteiger partial charge in [-0.2, -0.15) is 0 Å². The molecule has 1 fully saturated rings. The first-order valence-electron chi connectivity index (χ1n) is 5.42. The second-order valence-electron chi connectivity index (χ2n) is 4.24. The number of benzene rings is 1. The van der Waals surface area contributed by atoms with Gasteiger partial charge in [-0.25, -0.2) is 0 Å². The molecule has 1 aromatic carbocycles. The molecule has 0 aliphatic carbocycles. The lowest BCUT2D eigenvalue weighted by molar-refractivity contribution is -0.117. The second kappa shape index (κ2) is 4.23. The van der Waals surface area contributed by atoms with Crippen molar-refractivity contribution in [2.24, 2.45) is 5.73 Å². The van der Waals surface area contributed by atoms with Gasteiger partial charge in [0.1, 0.15) is 0 Å². The summed E-state index contributed by atoms with van der Waals surface area (Å²) in [5.41, 5.74) is 7.37. The van der Waals surface area contributed by atoms with Crippen LogP contribution in [0.5, 0.6) is 0 Å². The largest absolute Gasteiger partial charge is 0.389 e. The molecule has 0 spiro atoms. The van der Waals surface area contributed by atoms with Crippen molar-refractivity contribution in [3.8, 4) is 0 Å². The van der Waals surface area contributed by atoms with Crippen LogP contribution in [-0.4, -0.2) is 23.6 Å². The first-order chi connectivity index (χ1) is 7.58. The minimum absolute atomic E-state index is 0.0512. The van der Waals surface area contributed by atoms with Crippen LogP contribution in [-0.2, 0) is 4.79 Å². The van der Waals surface area contributed by atoms with Crippen molar-refractivity contribution in [3.63, 3.8) is 0 Å². The molecule has 1 heterocycles. The van der Waals surface area contributed by atoms with Crippen LogP contribution in [0.1, 0.15) is 25.0 Å². The number of hydrogen-bond acceptors (Lipinski definition) is 3. The van der Waals surface area contributed by atoms with Gasteiger partial charge < -0.3 is 15.7 Å². The number of carbonyl (C=O) groups is 1. The summed E-state index contributed by atoms with van der Waals surface area (Å²) in [6, 6.07) is 7.30. The number of rotatable bonds is 2. The number of anilines is 1. The average molecular weight is 220 g/mol. The Hall–Kier alpha value is -1.39. The maximum atomic E-state index is 11.6. The van der Waals surface area contributed by atoms with Crippen molar-refractivity contribution in [3.05, 3.63) is 29.8 Å². The lowest BCUT2D eigenvalue weighted by Crippen LogP contribution is -2.28. The summed E-state index contributed by atoms with van der Waals surface area (Å²) in [5.74, 6) is 0.0512. The Bertz CT molecular complexity index is 404. The first kappa shape index (κ1) is 11.1. The molecular formula is C12H16N2O2. The molecule has 1 aromatic rings. The third kappa shape index (κ3) is 2.08. The Labute approximate surface area is 94.7 Å². The van der Waals surface area contributed by atoms with Crippen LogP contribution in [0, 0.1) is 0 Å². The van der Waals surface area contributed by atoms with Crippen molar-refractivity contribution in [1.29, 1.82) is 0 Å². The van der Waals surface area contributed by atoms with E-state index in [0.717, 1.165) is 11.3 Å². The van der Waals surface area contributed by atoms with E-state index in [1.54, 1.807) is 11.8 Å². The minimum Gasteiger partial charge on any atom is -0.389 e. The number of nitrogens with zero attached hydrogens (tertiary/aromatic N) is 1. The highest BCUT2D eigenvalue weighted by Gasteiger charge is 2.28. The molecule has 0 radical (unpaired) electrons. The van der Waals surface area contributed by atoms with Crippen molar-refractivity contribution in [2.45, 2.75) is 25.5 Å². The van der Waals surface area contributed by atoms with Crippen LogP contribution in [0.4, 0.5) is 5.69 Å². The average Bonchev–Trinajstić information content (AvgIpc) is 2.58. The van der Waals surface area contributed by atoms with E-state index in [1.807, 2.05) is 24.3 Å². The fourth-order valence-electron chi connectivity index (χ4n) is 1.94. The van der Waals surface area contributed by atoms with E-state index in [0.29, 0.717) is 13.0 Å². The Balaban J connectivity index is 2.27. The zero-order valence-corrected chi connectivity index (χ0v) is 9.26. The molecule has 4 nitrogen and oxygen atoms in total. The zero-order chi connectivity index (χ0) is 11.7. The number of hydrogen-bond donors (Lipinski definition) is 2. The van der Waals surface area contributed by atoms with Crippen LogP contribution in [0.2, 0.25) is 0 Å². The normalized spacial score (nSPS) is 22.6. The molecule has 16 heavy (non-hydrogen) atoms. The summed E-state index contributed by atoms with van der Waals surface area (Å²) in [7, 11) is 0. The lowest BCUT2D eigenvalue weighted by Gasteiger charge is -2.17. The molecular weight excluding hydrogens is 204 g/mol. The fourth-order valence-corrected chi connectivity index (χ4v) is 1.94. The molecule has 1 aliphatic rings. The zero-order valence-electron chi connectivity index (χ0n) is 9.26. The van der Waals surface area contributed by atoms with Crippen LogP contribution in [0.3, 0.4) is 0 Å². The number of carbonyl (C=O) groups excluding carboxylic acids is 1. The molecule has 1 aliphatic heterocycles. The van der Waals surface area contributed by atoms with E-state index < -0.39 is 6.10 Å². The van der Waals surface area contributed by atoms with Gasteiger partial charge in [0.05, 0.1) is 6.10 Å². The van der Waals surface area contributed by atoms with Gasteiger partial charge in [0.2, 0.25) is 5.91 Å². The highest BCUT2D eigenvalue weighted by Crippen LogP contribution is 2.24. The van der Waals surface area contributed by atoms with Crippen molar-refractivity contribution in [1.82, 2.24) is 0 Å². The third-order valence-electron chi connectivity index (χ3n) is 2.82. The van der Waals surface area contributed by atoms with E-state index in [4.69, 9.17) is 5.73 Å². The van der Waals surface area contributed by atoms with E-state index >= 15 is 0 Å². The Morgan fingerprint density at radius 1 is 1.56 bits per heavy atom. The highest BCUT2D eigenvalue weighted by molar-refractivity contribution is 5.96. The van der Waals surface area contributed by atoms with Crippen LogP contribution >= 0.6 is 0 Å². The van der Waals surface area contributed by atoms with Gasteiger partial charge in [-0.05, 0) is 24.6 Å². The maximum absolute atomic E-state index is 11.6. The van der Waals surface area contributed by atoms with Crippen molar-refractivity contribution < 1.29 is 9.90 Å². The molecule has 4 heteroatoms. The first-order valence-corrected chi connectivity index (χ1v) is 5.42. The predicted molar refractivity (Wildman–Crippen MR) is 62.0 cm³/mol. The maximum Gasteiger partial charge on any atom is 0.228 e. The smallest absolute Gasteiger partial charge is 0.228 e. The van der Waals surface area contributed by atoms with E-state index in [9.17, 15) is 9.90 Å². The Kier molecular flexibility index (Phi) is 2.94. The number of aliphatic hydroxyl groups is 1. The van der Waals surface area contributed by atoms with Gasteiger partial charge >= 0.3 is 0 Å². The second-order valence-corrected chi connectivity index (χ2v) is 4.24. The van der Waals surface area contributed by atoms with Gasteiger partial charge in [0.25, 0.3) is 0 Å². The highest BCUT2D eigenvalue weighted by atomic mass is 16.3. The summed E-state index contributed by atoms with van der Waals surface area (Å²) in [6.07, 6.45) is -0.120. The third-order valence-corrected chi connectivity index (χ3v) is 2.82. The molecule has 1 amide bonds. The van der Waals surface area contributed by atoms with Gasteiger partial charge in [0, 0.05) is 24.7 Å². The summed E-state index contributed by atoms with van der Waals surface area (Å²) in [4.78, 5) is 13.3. The SMILES string of the molecule is CC(O)c1cccc(N2CC(N)CC2=O)c1. The molecule has 2 rings (SSSR count). The molecule has 0 aromatic heterocycles. The summed E-state index contributed by atoms with van der Waals surface area (Å²) in [5, 5.41) is 9.48. The van der Waals surface area contributed by atoms with E-state index in [-0.39, 0.29) is 11.9 Å². The quantitative estimate of drug-likeness (QED) is 0.775. The standard InChI is InChI=1S/C12H16N2O2/c1-8(15)9-3-2-4-11(5-9)14-7-10(13)6-12(14)16/h2-5,8,10,15H,6-7,13H2,1H3. The van der Waals surface area contributed by atoms with Crippen LogP contribution in [0.15, 0.2) is 24.3 Å². The molecule has 86 valence electrons. The predicted octanol–water partition coefficient (Wildman–Crippen LogP) is 0.804. The van der Waals surface area contributed by atoms with E-state index in [1.165, 1.54) is 0 Å². The fraction of sp³-hybridized carbons (Fsp3) is 0.417. The topological polar surface area (TPSA) is 66.6 Å². The molecule has 3 N–H and O–H groups in total. The molecule has 0 saturated carbocycles. The summed E-state index contributed by atoms with van der Waals surface area (Å²) >= 11 is 0. The molecule has 0 bridgehead atoms. The number of aliphatic hydroxyl groups excluding tert-OH is 1. The lowest BCUT2D eigenvalue weighted by atomic mass is 10.1. The monoisotopic (exact) mass is 220 g/mol. The van der Waals surface area contributed by atoms with Gasteiger partial charge in [-0.3, -0.25) is 4.79 Å². The van der Waals surface area contributed by atoms with Crippen molar-refractivity contribution in [2.75, 3.05) is 11.4 Å². The molecule has 2 atom stereocenters. The number of nitrogens with two attached hydrogens (primary N) is 1. The molecule has 1 saturated heterocycles. The van der Waals surface area contributed by atoms with Crippen molar-refractivity contribution >= 4 is 11.6 Å². The minimum atomic E-state index is -0.522. The van der Waals surface area contributed by atoms with Gasteiger partial charge in [0.15, 0.2) is 0 Å². The van der Waals surface area contributed by atoms with Gasteiger partial charge in [-0.15, -0.1) is 0 Å². The van der Waals surface area contributed by atoms with E-state index in [2.05, 4.69) is 0 Å².